The van der Waals surface area contributed by atoms with Crippen LogP contribution in [0.15, 0.2) is 23.4 Å². The van der Waals surface area contributed by atoms with Crippen LogP contribution in [0.1, 0.15) is 13.3 Å². The summed E-state index contributed by atoms with van der Waals surface area (Å²) < 4.78 is 5.24. The van der Waals surface area contributed by atoms with Crippen LogP contribution < -0.4 is 18.9 Å². The fourth-order valence-corrected chi connectivity index (χ4v) is 1.38. The standard InChI is InChI=1S/C7H10OSi.Li/c1-2-8-9-7-5-3-4-6-7;/h3-5H,2,6H2,1H3;/q;+1. The van der Waals surface area contributed by atoms with Crippen LogP contribution in [0.25, 0.3) is 0 Å². The Labute approximate surface area is 76.7 Å². The van der Waals surface area contributed by atoms with Crippen LogP contribution in [0.3, 0.4) is 0 Å². The molecule has 2 radical (unpaired) electrons. The van der Waals surface area contributed by atoms with E-state index in [2.05, 4.69) is 18.2 Å². The minimum atomic E-state index is 0. The van der Waals surface area contributed by atoms with Crippen LogP contribution in [-0.2, 0) is 4.43 Å². The van der Waals surface area contributed by atoms with Gasteiger partial charge in [-0.2, -0.15) is 0 Å². The van der Waals surface area contributed by atoms with E-state index in [1.807, 2.05) is 6.92 Å². The molecule has 3 heteroatoms. The van der Waals surface area contributed by atoms with Crippen LogP contribution >= 0.6 is 0 Å². The van der Waals surface area contributed by atoms with Gasteiger partial charge in [-0.05, 0) is 13.3 Å². The molecule has 48 valence electrons. The second kappa shape index (κ2) is 6.00. The van der Waals surface area contributed by atoms with E-state index >= 15 is 0 Å². The van der Waals surface area contributed by atoms with E-state index in [0.717, 1.165) is 13.0 Å². The Morgan fingerprint density at radius 3 is 3.00 bits per heavy atom. The van der Waals surface area contributed by atoms with Gasteiger partial charge in [-0.1, -0.05) is 23.4 Å². The minimum absolute atomic E-state index is 0. The third kappa shape index (κ3) is 3.43. The maximum atomic E-state index is 5.24. The molecule has 1 aliphatic carbocycles. The zero-order valence-corrected chi connectivity index (χ0v) is 7.55. The maximum Gasteiger partial charge on any atom is 1.00 e. The minimum Gasteiger partial charge on any atom is -0.412 e. The zero-order valence-electron chi connectivity index (χ0n) is 6.55. The van der Waals surface area contributed by atoms with E-state index in [4.69, 9.17) is 4.43 Å². The van der Waals surface area contributed by atoms with Crippen molar-refractivity contribution in [3.63, 3.8) is 0 Å². The summed E-state index contributed by atoms with van der Waals surface area (Å²) in [5, 5.41) is 1.41. The summed E-state index contributed by atoms with van der Waals surface area (Å²) >= 11 is 0. The van der Waals surface area contributed by atoms with Gasteiger partial charge in [-0.25, -0.2) is 0 Å². The van der Waals surface area contributed by atoms with Crippen molar-refractivity contribution in [1.29, 1.82) is 0 Å². The van der Waals surface area contributed by atoms with Crippen molar-refractivity contribution in [1.82, 2.24) is 0 Å². The number of rotatable bonds is 3. The molecular weight excluding hydrogens is 135 g/mol. The van der Waals surface area contributed by atoms with Crippen molar-refractivity contribution in [2.75, 3.05) is 6.61 Å². The quantitative estimate of drug-likeness (QED) is 0.439. The maximum absolute atomic E-state index is 5.24. The van der Waals surface area contributed by atoms with Gasteiger partial charge in [0.25, 0.3) is 9.76 Å². The predicted molar refractivity (Wildman–Crippen MR) is 39.2 cm³/mol. The monoisotopic (exact) mass is 145 g/mol. The van der Waals surface area contributed by atoms with Crippen molar-refractivity contribution in [2.24, 2.45) is 0 Å². The van der Waals surface area contributed by atoms with Crippen LogP contribution in [0, 0.1) is 0 Å². The molecule has 0 aromatic heterocycles. The van der Waals surface area contributed by atoms with E-state index in [9.17, 15) is 0 Å². The first-order chi connectivity index (χ1) is 4.43. The summed E-state index contributed by atoms with van der Waals surface area (Å²) in [6, 6.07) is 0. The summed E-state index contributed by atoms with van der Waals surface area (Å²) in [6.07, 6.45) is 7.47. The van der Waals surface area contributed by atoms with E-state index in [1.54, 1.807) is 0 Å². The predicted octanol–water partition coefficient (Wildman–Crippen LogP) is -1.51. The van der Waals surface area contributed by atoms with Crippen molar-refractivity contribution in [2.45, 2.75) is 13.3 Å². The molecule has 0 N–H and O–H groups in total. The molecule has 1 rings (SSSR count). The Bertz CT molecular complexity index is 143. The van der Waals surface area contributed by atoms with Crippen molar-refractivity contribution in [3.8, 4) is 0 Å². The fourth-order valence-electron chi connectivity index (χ4n) is 0.688. The van der Waals surface area contributed by atoms with Crippen LogP contribution in [-0.4, -0.2) is 16.4 Å². The Morgan fingerprint density at radius 2 is 2.50 bits per heavy atom. The van der Waals surface area contributed by atoms with E-state index in [0.29, 0.717) is 9.76 Å². The summed E-state index contributed by atoms with van der Waals surface area (Å²) in [5.74, 6) is 0. The summed E-state index contributed by atoms with van der Waals surface area (Å²) in [4.78, 5) is 0. The van der Waals surface area contributed by atoms with Crippen LogP contribution in [0.4, 0.5) is 0 Å². The molecule has 1 nitrogen and oxygen atoms in total. The molecular formula is C7H10LiOSi+. The van der Waals surface area contributed by atoms with Gasteiger partial charge in [0, 0.05) is 6.61 Å². The number of hydrogen-bond acceptors (Lipinski definition) is 1. The smallest absolute Gasteiger partial charge is 0.412 e. The van der Waals surface area contributed by atoms with Gasteiger partial charge >= 0.3 is 18.9 Å². The Morgan fingerprint density at radius 1 is 1.70 bits per heavy atom. The van der Waals surface area contributed by atoms with Crippen molar-refractivity contribution >= 4 is 9.76 Å². The molecule has 0 bridgehead atoms. The van der Waals surface area contributed by atoms with Gasteiger partial charge < -0.3 is 4.43 Å². The molecule has 0 saturated heterocycles. The second-order valence-electron chi connectivity index (χ2n) is 1.86. The molecule has 0 aliphatic heterocycles. The van der Waals surface area contributed by atoms with Gasteiger partial charge in [-0.3, -0.25) is 0 Å². The SMILES string of the molecule is CCO[Si]C1=CC=CC1.[Li+]. The van der Waals surface area contributed by atoms with Crippen LogP contribution in [0.5, 0.6) is 0 Å². The van der Waals surface area contributed by atoms with Gasteiger partial charge in [0.1, 0.15) is 0 Å². The first kappa shape index (κ1) is 10.3. The molecule has 0 saturated carbocycles. The van der Waals surface area contributed by atoms with Gasteiger partial charge in [0.15, 0.2) is 0 Å². The first-order valence-corrected chi connectivity index (χ1v) is 4.08. The summed E-state index contributed by atoms with van der Waals surface area (Å²) in [6.45, 7) is 2.85. The molecule has 0 aromatic carbocycles. The topological polar surface area (TPSA) is 9.23 Å². The average Bonchev–Trinajstić information content (AvgIpc) is 2.34. The van der Waals surface area contributed by atoms with Gasteiger partial charge in [0.2, 0.25) is 0 Å². The van der Waals surface area contributed by atoms with E-state index in [-0.39, 0.29) is 18.9 Å². The average molecular weight is 145 g/mol. The molecule has 0 unspecified atom stereocenters. The normalized spacial score (nSPS) is 14.7. The first-order valence-electron chi connectivity index (χ1n) is 3.17. The molecule has 1 aliphatic rings. The largest absolute Gasteiger partial charge is 1.00 e. The molecule has 0 aromatic rings. The van der Waals surface area contributed by atoms with Crippen LogP contribution in [0.2, 0.25) is 0 Å². The summed E-state index contributed by atoms with van der Waals surface area (Å²) in [7, 11) is 0.584. The number of allylic oxidation sites excluding steroid dienone is 4. The molecule has 0 atom stereocenters. The molecule has 0 spiro atoms. The van der Waals surface area contributed by atoms with Crippen molar-refractivity contribution in [3.05, 3.63) is 23.4 Å². The molecule has 0 heterocycles. The fraction of sp³-hybridized carbons (Fsp3) is 0.429. The Balaban J connectivity index is 0.000000810. The van der Waals surface area contributed by atoms with Crippen molar-refractivity contribution < 1.29 is 23.3 Å². The van der Waals surface area contributed by atoms with E-state index in [1.165, 1.54) is 5.20 Å². The van der Waals surface area contributed by atoms with Gasteiger partial charge in [-0.15, -0.1) is 0 Å². The third-order valence-electron chi connectivity index (χ3n) is 1.12. The Hall–Kier alpha value is 0.254. The second-order valence-corrected chi connectivity index (χ2v) is 2.99. The molecule has 0 fully saturated rings. The van der Waals surface area contributed by atoms with Gasteiger partial charge in [0.05, 0.1) is 0 Å². The third-order valence-corrected chi connectivity index (χ3v) is 2.18. The van der Waals surface area contributed by atoms with E-state index < -0.39 is 0 Å². The molecule has 0 amide bonds. The Kier molecular flexibility index (Phi) is 6.15. The molecule has 10 heavy (non-hydrogen) atoms. The zero-order chi connectivity index (χ0) is 6.53. The summed E-state index contributed by atoms with van der Waals surface area (Å²) in [5.41, 5.74) is 0. The number of hydrogen-bond donors (Lipinski definition) is 0.